The Kier molecular flexibility index (Phi) is 26.3. The molecule has 21 nitrogen and oxygen atoms in total. The minimum absolute atomic E-state index is 0.0142. The average Bonchev–Trinajstić information content (AvgIpc) is 1.27. The van der Waals surface area contributed by atoms with E-state index in [4.69, 9.17) is 106 Å². The summed E-state index contributed by atoms with van der Waals surface area (Å²) in [6.07, 6.45) is -14.8. The van der Waals surface area contributed by atoms with Gasteiger partial charge in [-0.3, -0.25) is 0 Å². The smallest absolute Gasteiger partial charge is 0.445 e. The van der Waals surface area contributed by atoms with Crippen LogP contribution in [0.5, 0.6) is 0 Å². The quantitative estimate of drug-likeness (QED) is 0.0327. The molecule has 0 bridgehead atoms. The number of fused-ring (bicyclic) bond motifs is 3. The van der Waals surface area contributed by atoms with Crippen LogP contribution < -0.4 is 5.32 Å². The summed E-state index contributed by atoms with van der Waals surface area (Å²) < 4.78 is 96.0. The normalized spacial score (nSPS) is 36.7. The van der Waals surface area contributed by atoms with Gasteiger partial charge in [-0.05, 0) is 65.3 Å². The Morgan fingerprint density at radius 1 is 0.521 bits per heavy atom. The SMILES string of the molecule is C=CCOC(=O)OC1[C@@H](OCC2O[C@@H](O[C@@H]3C(CC)O[C@@H](O[C@@H]4C(CC)O[C@@H](O)C(NC(=O)OCC(Cl)(Cl)Cl)[C@H]4C)C(C)[C@H]3C)C(OCc3ccccc3)[C@@H](O[C@@H]3OC(CC)[C@H](O)[C@@H](C)C3OC(=O)OCC3c4ccccc4-c4ccccc43)[C@@H]2C)OC(CC)[C@@H](C)[C@@H]1C. The van der Waals surface area contributed by atoms with Gasteiger partial charge >= 0.3 is 18.4 Å². The minimum Gasteiger partial charge on any atom is -0.445 e. The van der Waals surface area contributed by atoms with Gasteiger partial charge in [-0.15, -0.1) is 0 Å². The largest absolute Gasteiger partial charge is 0.509 e. The van der Waals surface area contributed by atoms with Crippen LogP contribution in [0.1, 0.15) is 124 Å². The monoisotopic (exact) mass is 1380 g/mol. The third-order valence-corrected chi connectivity index (χ3v) is 20.3. The van der Waals surface area contributed by atoms with Gasteiger partial charge in [0, 0.05) is 35.5 Å². The number of ether oxygens (including phenoxy) is 15. The van der Waals surface area contributed by atoms with Crippen molar-refractivity contribution in [2.75, 3.05) is 26.4 Å². The van der Waals surface area contributed by atoms with Gasteiger partial charge in [-0.1, -0.05) is 202 Å². The number of carbonyl (C=O) groups excluding carboxylic acids is 3. The number of benzene rings is 3. The van der Waals surface area contributed by atoms with Gasteiger partial charge in [0.25, 0.3) is 0 Å². The van der Waals surface area contributed by atoms with Crippen LogP contribution in [0.4, 0.5) is 14.4 Å². The summed E-state index contributed by atoms with van der Waals surface area (Å²) in [5, 5.41) is 25.7. The van der Waals surface area contributed by atoms with E-state index in [-0.39, 0.29) is 62.1 Å². The van der Waals surface area contributed by atoms with Gasteiger partial charge in [0.1, 0.15) is 25.9 Å². The summed E-state index contributed by atoms with van der Waals surface area (Å²) in [7, 11) is 0. The summed E-state index contributed by atoms with van der Waals surface area (Å²) in [6, 6.07) is 24.7. The Labute approximate surface area is 567 Å². The zero-order valence-corrected chi connectivity index (χ0v) is 57.8. The second-order valence-corrected chi connectivity index (χ2v) is 28.5. The molecule has 9 rings (SSSR count). The lowest BCUT2D eigenvalue weighted by atomic mass is 9.82. The zero-order valence-electron chi connectivity index (χ0n) is 55.5. The molecule has 25 atom stereocenters. The number of alkyl halides is 3. The summed E-state index contributed by atoms with van der Waals surface area (Å²) >= 11 is 17.6. The molecule has 24 heteroatoms. The van der Waals surface area contributed by atoms with Crippen LogP contribution in [-0.2, 0) is 77.7 Å². The molecule has 3 aromatic rings. The maximum atomic E-state index is 14.3. The summed E-state index contributed by atoms with van der Waals surface area (Å²) in [5.74, 6) is -3.05. The highest BCUT2D eigenvalue weighted by atomic mass is 35.6. The number of aliphatic hydroxyl groups is 2. The molecule has 0 spiro atoms. The van der Waals surface area contributed by atoms with Crippen molar-refractivity contribution < 1.29 is 95.6 Å². The van der Waals surface area contributed by atoms with Crippen molar-refractivity contribution in [2.24, 2.45) is 41.4 Å². The Hall–Kier alpha value is -4.40. The molecule has 1 aliphatic carbocycles. The molecule has 5 heterocycles. The fourth-order valence-electron chi connectivity index (χ4n) is 14.1. The van der Waals surface area contributed by atoms with Crippen LogP contribution in [0, 0.1) is 41.4 Å². The molecule has 1 amide bonds. The van der Waals surface area contributed by atoms with Crippen molar-refractivity contribution in [3.05, 3.63) is 108 Å². The second kappa shape index (κ2) is 33.4. The van der Waals surface area contributed by atoms with Crippen molar-refractivity contribution in [1.82, 2.24) is 5.32 Å². The van der Waals surface area contributed by atoms with E-state index >= 15 is 0 Å². The predicted octanol–water partition coefficient (Wildman–Crippen LogP) is 12.3. The Morgan fingerprint density at radius 2 is 1.04 bits per heavy atom. The number of halogens is 3. The molecular formula is C70H96Cl3NO20. The molecule has 3 N–H and O–H groups in total. The van der Waals surface area contributed by atoms with E-state index in [0.717, 1.165) is 27.8 Å². The van der Waals surface area contributed by atoms with E-state index < -0.39 is 151 Å². The average molecular weight is 1380 g/mol. The summed E-state index contributed by atoms with van der Waals surface area (Å²) in [4.78, 5) is 40.4. The highest BCUT2D eigenvalue weighted by molar-refractivity contribution is 6.67. The molecule has 94 heavy (non-hydrogen) atoms. The maximum absolute atomic E-state index is 14.3. The van der Waals surface area contributed by atoms with E-state index in [1.54, 1.807) is 6.92 Å². The molecule has 6 aliphatic rings. The highest BCUT2D eigenvalue weighted by Crippen LogP contribution is 2.47. The van der Waals surface area contributed by atoms with Crippen molar-refractivity contribution in [3.63, 3.8) is 0 Å². The first-order chi connectivity index (χ1) is 45.0. The summed E-state index contributed by atoms with van der Waals surface area (Å²) in [6.45, 7) is 24.5. The summed E-state index contributed by atoms with van der Waals surface area (Å²) in [5.41, 5.74) is 5.03. The fourth-order valence-corrected chi connectivity index (χ4v) is 14.2. The second-order valence-electron chi connectivity index (χ2n) is 25.9. The number of nitrogens with one attached hydrogen (secondary N) is 1. The van der Waals surface area contributed by atoms with E-state index in [2.05, 4.69) is 31.0 Å². The van der Waals surface area contributed by atoms with Crippen LogP contribution in [-0.4, -0.2) is 170 Å². The van der Waals surface area contributed by atoms with E-state index in [9.17, 15) is 24.6 Å². The van der Waals surface area contributed by atoms with Crippen LogP contribution in [0.2, 0.25) is 0 Å². The van der Waals surface area contributed by atoms with E-state index in [1.165, 1.54) is 6.08 Å². The topological polar surface area (TPSA) is 242 Å². The first-order valence-electron chi connectivity index (χ1n) is 33.3. The molecular weight excluding hydrogens is 1280 g/mol. The van der Waals surface area contributed by atoms with E-state index in [0.29, 0.717) is 25.7 Å². The van der Waals surface area contributed by atoms with E-state index in [1.807, 2.05) is 129 Å². The number of aliphatic hydroxyl groups excluding tert-OH is 2. The van der Waals surface area contributed by atoms with Gasteiger partial charge in [-0.2, -0.15) is 0 Å². The molecule has 5 saturated heterocycles. The fraction of sp³-hybridized carbons (Fsp3) is 0.671. The lowest BCUT2D eigenvalue weighted by Crippen LogP contribution is -2.64. The predicted molar refractivity (Wildman–Crippen MR) is 347 cm³/mol. The van der Waals surface area contributed by atoms with Crippen molar-refractivity contribution >= 4 is 53.2 Å². The van der Waals surface area contributed by atoms with Gasteiger partial charge in [0.15, 0.2) is 43.7 Å². The number of amides is 1. The van der Waals surface area contributed by atoms with Gasteiger partial charge < -0.3 is 86.6 Å². The first-order valence-corrected chi connectivity index (χ1v) is 34.4. The third-order valence-electron chi connectivity index (χ3n) is 20.0. The number of hydrogen-bond acceptors (Lipinski definition) is 20. The van der Waals surface area contributed by atoms with Crippen molar-refractivity contribution in [3.8, 4) is 11.1 Å². The lowest BCUT2D eigenvalue weighted by Gasteiger charge is -2.52. The Bertz CT molecular complexity index is 2880. The minimum atomic E-state index is -1.86. The van der Waals surface area contributed by atoms with Gasteiger partial charge in [-0.25, -0.2) is 14.4 Å². The maximum Gasteiger partial charge on any atom is 0.509 e. The van der Waals surface area contributed by atoms with Crippen LogP contribution in [0.25, 0.3) is 11.1 Å². The molecule has 3 aromatic carbocycles. The Balaban J connectivity index is 1.03. The number of carbonyl (C=O) groups is 3. The third kappa shape index (κ3) is 17.3. The molecule has 522 valence electrons. The van der Waals surface area contributed by atoms with Gasteiger partial charge in [0.05, 0.1) is 74.2 Å². The van der Waals surface area contributed by atoms with Gasteiger partial charge in [0.2, 0.25) is 3.79 Å². The molecule has 10 unspecified atom stereocenters. The standard InChI is InChI=1S/C70H96Cl3NO20/c1-13-31-80-68(78)93-59-37(7)36(6)49(14-2)86-64(59)82-34-53-40(10)58(92-65-60(42(12)55(75)50(15-3)87-65)94-69(79)83-33-48-46-29-23-21-27-44(46)45-28-22-24-30-47(45)48)61(81-32-43-25-19-18-20-26-43)66(89-53)91-56-38(8)39(9)63(88-52(56)17-5)90-57-41(11)54(62(76)85-51(57)16-4)74-67(77)84-35-70(71,72)73/h13,18-30,36-42,48-66,75-76H,1,14-17,31-35H2,2-12H3,(H,74,77)/t36-,37-,38+,39?,40+,41+,42+,49?,50?,51?,52?,53?,54?,55+,56-,57-,58-,59?,60?,61?,62+,63-,64-,65-,66-/m0/s1. The molecule has 0 saturated carbocycles. The molecule has 0 aromatic heterocycles. The first kappa shape index (κ1) is 73.8. The molecule has 0 radical (unpaired) electrons. The van der Waals surface area contributed by atoms with Crippen LogP contribution >= 0.6 is 34.8 Å². The Morgan fingerprint density at radius 3 is 1.67 bits per heavy atom. The lowest BCUT2D eigenvalue weighted by molar-refractivity contribution is -0.378. The van der Waals surface area contributed by atoms with Crippen molar-refractivity contribution in [1.29, 1.82) is 0 Å². The zero-order chi connectivity index (χ0) is 67.7. The highest BCUT2D eigenvalue weighted by Gasteiger charge is 2.56. The van der Waals surface area contributed by atoms with Crippen LogP contribution in [0.15, 0.2) is 91.5 Å². The molecule has 5 fully saturated rings. The van der Waals surface area contributed by atoms with Crippen LogP contribution in [0.3, 0.4) is 0 Å². The van der Waals surface area contributed by atoms with Crippen molar-refractivity contribution in [2.45, 2.75) is 229 Å². The molecule has 5 aliphatic heterocycles. The number of hydrogen-bond donors (Lipinski definition) is 3. The number of alkyl carbamates (subject to hydrolysis) is 1. The number of rotatable bonds is 24.